The number of fused-ring (bicyclic) bond motifs is 2. The summed E-state index contributed by atoms with van der Waals surface area (Å²) >= 11 is 1.68. The molecule has 7 heteroatoms. The van der Waals surface area contributed by atoms with Crippen LogP contribution in [0.5, 0.6) is 0 Å². The number of amides is 2. The monoisotopic (exact) mass is 426 g/mol. The van der Waals surface area contributed by atoms with Gasteiger partial charge in [-0.2, -0.15) is 11.8 Å². The van der Waals surface area contributed by atoms with Crippen molar-refractivity contribution in [1.29, 1.82) is 0 Å². The number of nitrogens with one attached hydrogen (secondary N) is 2. The van der Waals surface area contributed by atoms with Gasteiger partial charge in [0.25, 0.3) is 5.91 Å². The minimum atomic E-state index is -0.545. The smallest absolute Gasteiger partial charge is 0.270 e. The molecule has 0 saturated carbocycles. The highest BCUT2D eigenvalue weighted by molar-refractivity contribution is 7.98. The van der Waals surface area contributed by atoms with E-state index >= 15 is 0 Å². The zero-order chi connectivity index (χ0) is 20.9. The first kappa shape index (κ1) is 21.1. The van der Waals surface area contributed by atoms with Gasteiger partial charge >= 0.3 is 0 Å². The number of para-hydroxylation sites is 1. The number of hydrogen-bond acceptors (Lipinski definition) is 5. The Morgan fingerprint density at radius 2 is 2.03 bits per heavy atom. The highest BCUT2D eigenvalue weighted by Crippen LogP contribution is 2.27. The molecule has 1 aromatic heterocycles. The SMILES string of the molecule is CSCCC(NC(=O)c1ccc2ccccc2n1)C(=O)NC1CCN2CCCCC12. The Kier molecular flexibility index (Phi) is 6.89. The number of pyridine rings is 1. The first-order valence-corrected chi connectivity index (χ1v) is 12.2. The molecule has 3 unspecified atom stereocenters. The van der Waals surface area contributed by atoms with E-state index in [9.17, 15) is 9.59 Å². The van der Waals surface area contributed by atoms with Crippen LogP contribution in [0.25, 0.3) is 10.9 Å². The number of benzene rings is 1. The summed E-state index contributed by atoms with van der Waals surface area (Å²) in [5.41, 5.74) is 1.12. The average molecular weight is 427 g/mol. The normalized spacial score (nSPS) is 22.4. The minimum Gasteiger partial charge on any atom is -0.350 e. The Morgan fingerprint density at radius 3 is 2.90 bits per heavy atom. The van der Waals surface area contributed by atoms with Gasteiger partial charge in [0.1, 0.15) is 11.7 Å². The van der Waals surface area contributed by atoms with Gasteiger partial charge in [0.2, 0.25) is 5.91 Å². The van der Waals surface area contributed by atoms with Gasteiger partial charge in [-0.05, 0) is 56.4 Å². The van der Waals surface area contributed by atoms with Crippen molar-refractivity contribution in [2.75, 3.05) is 25.1 Å². The highest BCUT2D eigenvalue weighted by atomic mass is 32.2. The minimum absolute atomic E-state index is 0.0735. The fraction of sp³-hybridized carbons (Fsp3) is 0.522. The summed E-state index contributed by atoms with van der Waals surface area (Å²) in [6, 6.07) is 11.4. The van der Waals surface area contributed by atoms with Gasteiger partial charge in [0.15, 0.2) is 0 Å². The second-order valence-electron chi connectivity index (χ2n) is 8.20. The van der Waals surface area contributed by atoms with Crippen molar-refractivity contribution in [2.24, 2.45) is 0 Å². The largest absolute Gasteiger partial charge is 0.350 e. The molecular weight excluding hydrogens is 396 g/mol. The maximum atomic E-state index is 13.1. The van der Waals surface area contributed by atoms with Crippen LogP contribution in [0.2, 0.25) is 0 Å². The van der Waals surface area contributed by atoms with E-state index in [4.69, 9.17) is 0 Å². The van der Waals surface area contributed by atoms with Gasteiger partial charge in [0.05, 0.1) is 5.52 Å². The number of nitrogens with zero attached hydrogens (tertiary/aromatic N) is 2. The lowest BCUT2D eigenvalue weighted by Crippen LogP contribution is -2.53. The van der Waals surface area contributed by atoms with Crippen molar-refractivity contribution in [3.05, 3.63) is 42.1 Å². The number of piperidine rings is 1. The lowest BCUT2D eigenvalue weighted by molar-refractivity contribution is -0.124. The predicted molar refractivity (Wildman–Crippen MR) is 122 cm³/mol. The van der Waals surface area contributed by atoms with Crippen LogP contribution in [0.3, 0.4) is 0 Å². The van der Waals surface area contributed by atoms with Crippen LogP contribution >= 0.6 is 11.8 Å². The lowest BCUT2D eigenvalue weighted by Gasteiger charge is -2.33. The van der Waals surface area contributed by atoms with E-state index in [1.54, 1.807) is 17.8 Å². The third-order valence-electron chi connectivity index (χ3n) is 6.25. The zero-order valence-electron chi connectivity index (χ0n) is 17.5. The summed E-state index contributed by atoms with van der Waals surface area (Å²) in [4.78, 5) is 32.9. The van der Waals surface area contributed by atoms with Crippen LogP contribution in [0.1, 0.15) is 42.6 Å². The van der Waals surface area contributed by atoms with Crippen LogP contribution in [0.4, 0.5) is 0 Å². The topological polar surface area (TPSA) is 74.3 Å². The lowest BCUT2D eigenvalue weighted by atomic mass is 9.98. The van der Waals surface area contributed by atoms with E-state index in [1.165, 1.54) is 12.8 Å². The van der Waals surface area contributed by atoms with E-state index < -0.39 is 6.04 Å². The summed E-state index contributed by atoms with van der Waals surface area (Å²) in [6.07, 6.45) is 7.24. The van der Waals surface area contributed by atoms with Crippen molar-refractivity contribution in [3.63, 3.8) is 0 Å². The molecule has 30 heavy (non-hydrogen) atoms. The summed E-state index contributed by atoms with van der Waals surface area (Å²) in [7, 11) is 0. The second kappa shape index (κ2) is 9.79. The molecule has 3 atom stereocenters. The molecule has 2 N–H and O–H groups in total. The number of carbonyl (C=O) groups excluding carboxylic acids is 2. The maximum Gasteiger partial charge on any atom is 0.270 e. The molecule has 0 radical (unpaired) electrons. The average Bonchev–Trinajstić information content (AvgIpc) is 3.18. The van der Waals surface area contributed by atoms with Gasteiger partial charge in [0, 0.05) is 24.0 Å². The van der Waals surface area contributed by atoms with E-state index in [-0.39, 0.29) is 17.9 Å². The van der Waals surface area contributed by atoms with Crippen LogP contribution in [0, 0.1) is 0 Å². The van der Waals surface area contributed by atoms with Crippen molar-refractivity contribution in [1.82, 2.24) is 20.5 Å². The summed E-state index contributed by atoms with van der Waals surface area (Å²) in [5.74, 6) is 0.437. The van der Waals surface area contributed by atoms with Gasteiger partial charge in [-0.25, -0.2) is 4.98 Å². The van der Waals surface area contributed by atoms with Gasteiger partial charge in [-0.1, -0.05) is 30.7 Å². The van der Waals surface area contributed by atoms with Crippen molar-refractivity contribution in [3.8, 4) is 0 Å². The number of aromatic nitrogens is 1. The molecule has 0 aliphatic carbocycles. The molecule has 160 valence electrons. The molecule has 3 heterocycles. The number of rotatable bonds is 7. The molecule has 1 aromatic carbocycles. The molecule has 6 nitrogen and oxygen atoms in total. The second-order valence-corrected chi connectivity index (χ2v) is 9.19. The predicted octanol–water partition coefficient (Wildman–Crippen LogP) is 2.83. The summed E-state index contributed by atoms with van der Waals surface area (Å²) < 4.78 is 0. The van der Waals surface area contributed by atoms with E-state index in [2.05, 4.69) is 20.5 Å². The molecule has 2 aliphatic heterocycles. The van der Waals surface area contributed by atoms with E-state index in [1.807, 2.05) is 36.6 Å². The van der Waals surface area contributed by atoms with Gasteiger partial charge in [-0.3, -0.25) is 14.5 Å². The Labute approximate surface area is 182 Å². The summed E-state index contributed by atoms with van der Waals surface area (Å²) in [5, 5.41) is 7.18. The first-order valence-electron chi connectivity index (χ1n) is 10.9. The van der Waals surface area contributed by atoms with E-state index in [0.717, 1.165) is 42.6 Å². The van der Waals surface area contributed by atoms with Crippen molar-refractivity contribution in [2.45, 2.75) is 50.2 Å². The molecule has 0 spiro atoms. The molecule has 2 amide bonds. The first-order chi connectivity index (χ1) is 14.7. The fourth-order valence-corrected chi connectivity index (χ4v) is 5.10. The molecule has 2 fully saturated rings. The Morgan fingerprint density at radius 1 is 1.17 bits per heavy atom. The number of carbonyl (C=O) groups is 2. The molecule has 2 aromatic rings. The molecule has 2 aliphatic rings. The van der Waals surface area contributed by atoms with Crippen LogP contribution in [-0.4, -0.2) is 64.9 Å². The van der Waals surface area contributed by atoms with Gasteiger partial charge < -0.3 is 10.6 Å². The Balaban J connectivity index is 1.43. The standard InChI is InChI=1S/C23H30N4O2S/c1-30-15-12-20(23(29)25-18-11-14-27-13-5-4-8-21(18)27)26-22(28)19-10-9-16-6-2-3-7-17(16)24-19/h2-3,6-7,9-10,18,20-21H,4-5,8,11-15H2,1H3,(H,25,29)(H,26,28). The molecule has 0 bridgehead atoms. The quantitative estimate of drug-likeness (QED) is 0.712. The fourth-order valence-electron chi connectivity index (χ4n) is 4.63. The van der Waals surface area contributed by atoms with Crippen LogP contribution in [-0.2, 0) is 4.79 Å². The third-order valence-corrected chi connectivity index (χ3v) is 6.89. The summed E-state index contributed by atoms with van der Waals surface area (Å²) in [6.45, 7) is 2.19. The number of hydrogen-bond donors (Lipinski definition) is 2. The number of thioether (sulfide) groups is 1. The molecule has 2 saturated heterocycles. The third kappa shape index (κ3) is 4.78. The maximum absolute atomic E-state index is 13.1. The van der Waals surface area contributed by atoms with Crippen molar-refractivity contribution >= 4 is 34.5 Å². The molecule has 4 rings (SSSR count). The van der Waals surface area contributed by atoms with Crippen LogP contribution in [0.15, 0.2) is 36.4 Å². The molecular formula is C23H30N4O2S. The van der Waals surface area contributed by atoms with Crippen LogP contribution < -0.4 is 10.6 Å². The van der Waals surface area contributed by atoms with Gasteiger partial charge in [-0.15, -0.1) is 0 Å². The Hall–Kier alpha value is -2.12. The zero-order valence-corrected chi connectivity index (χ0v) is 18.3. The van der Waals surface area contributed by atoms with E-state index in [0.29, 0.717) is 18.2 Å². The Bertz CT molecular complexity index is 906. The van der Waals surface area contributed by atoms with Crippen molar-refractivity contribution < 1.29 is 9.59 Å². The highest BCUT2D eigenvalue weighted by Gasteiger charge is 2.37.